The fraction of sp³-hybridized carbons (Fsp3) is 0.263. The average Bonchev–Trinajstić information content (AvgIpc) is 3.21. The van der Waals surface area contributed by atoms with Gasteiger partial charge in [-0.25, -0.2) is 14.8 Å². The predicted molar refractivity (Wildman–Crippen MR) is 112 cm³/mol. The highest BCUT2D eigenvalue weighted by Gasteiger charge is 2.43. The van der Waals surface area contributed by atoms with Crippen molar-refractivity contribution in [3.05, 3.63) is 46.6 Å². The molecule has 1 aliphatic rings. The molecule has 30 heavy (non-hydrogen) atoms. The largest absolute Gasteiger partial charge is 0.352 e. The molecule has 0 saturated carbocycles. The normalized spacial score (nSPS) is 15.5. The Hall–Kier alpha value is -3.60. The maximum absolute atomic E-state index is 12.2. The molecule has 2 N–H and O–H groups in total. The van der Waals surface area contributed by atoms with E-state index in [2.05, 4.69) is 20.6 Å². The zero-order chi connectivity index (χ0) is 21.5. The number of fused-ring (bicyclic) bond motifs is 1. The van der Waals surface area contributed by atoms with Crippen LogP contribution in [-0.4, -0.2) is 50.4 Å². The number of imide groups is 1. The molecule has 1 saturated heterocycles. The summed E-state index contributed by atoms with van der Waals surface area (Å²) >= 11 is 1.48. The minimum atomic E-state index is -0.899. The summed E-state index contributed by atoms with van der Waals surface area (Å²) in [7, 11) is 0. The van der Waals surface area contributed by atoms with E-state index in [1.807, 2.05) is 6.07 Å². The number of non-ortho nitro benzene ring substituents is 1. The topological polar surface area (TPSA) is 130 Å². The number of carbonyl (C=O) groups is 2. The van der Waals surface area contributed by atoms with Gasteiger partial charge in [-0.05, 0) is 37.4 Å². The number of urea groups is 1. The maximum atomic E-state index is 12.2. The minimum absolute atomic E-state index is 0.0422. The van der Waals surface area contributed by atoms with Gasteiger partial charge in [0.2, 0.25) is 5.95 Å². The molecule has 0 aliphatic carbocycles. The highest BCUT2D eigenvalue weighted by atomic mass is 32.1. The van der Waals surface area contributed by atoms with Gasteiger partial charge in [0.05, 0.1) is 15.5 Å². The number of carbonyl (C=O) groups excluding carboxylic acids is 2. The van der Waals surface area contributed by atoms with Crippen LogP contribution in [0.15, 0.2) is 36.5 Å². The third kappa shape index (κ3) is 3.66. The lowest BCUT2D eigenvalue weighted by Gasteiger charge is -2.16. The van der Waals surface area contributed by atoms with Crippen LogP contribution in [0.3, 0.4) is 0 Å². The third-order valence-corrected chi connectivity index (χ3v) is 5.82. The molecule has 1 aromatic carbocycles. The Morgan fingerprint density at radius 2 is 2.07 bits per heavy atom. The molecule has 0 spiro atoms. The van der Waals surface area contributed by atoms with Gasteiger partial charge in [0.1, 0.15) is 5.54 Å². The summed E-state index contributed by atoms with van der Waals surface area (Å²) in [6, 6.07) is 7.93. The van der Waals surface area contributed by atoms with E-state index >= 15 is 0 Å². The number of benzene rings is 1. The quantitative estimate of drug-likeness (QED) is 0.352. The van der Waals surface area contributed by atoms with Gasteiger partial charge in [-0.1, -0.05) is 0 Å². The smallest absolute Gasteiger partial charge is 0.325 e. The number of hydrogen-bond acceptors (Lipinski definition) is 8. The van der Waals surface area contributed by atoms with E-state index in [4.69, 9.17) is 0 Å². The number of nitrogens with one attached hydrogen (secondary N) is 2. The molecular formula is C19H18N6O4S. The SMILES string of the molecule is CC1(C)NC(=O)N(CCNc2nccc(-c3cc4cc([N+](=O)[O-])ccc4s3)n2)C1=O. The number of nitro groups is 1. The fourth-order valence-electron chi connectivity index (χ4n) is 3.15. The van der Waals surface area contributed by atoms with Crippen molar-refractivity contribution in [2.75, 3.05) is 18.4 Å². The summed E-state index contributed by atoms with van der Waals surface area (Å²) in [6.07, 6.45) is 1.61. The Balaban J connectivity index is 1.47. The van der Waals surface area contributed by atoms with Crippen molar-refractivity contribution in [2.45, 2.75) is 19.4 Å². The van der Waals surface area contributed by atoms with Crippen LogP contribution in [0.1, 0.15) is 13.8 Å². The second kappa shape index (κ2) is 7.34. The lowest BCUT2D eigenvalue weighted by molar-refractivity contribution is -0.384. The highest BCUT2D eigenvalue weighted by Crippen LogP contribution is 2.34. The Morgan fingerprint density at radius 3 is 2.77 bits per heavy atom. The number of thiophene rings is 1. The van der Waals surface area contributed by atoms with E-state index in [9.17, 15) is 19.7 Å². The Labute approximate surface area is 175 Å². The number of anilines is 1. The van der Waals surface area contributed by atoms with E-state index in [1.54, 1.807) is 32.2 Å². The number of nitro benzene ring substituents is 1. The van der Waals surface area contributed by atoms with Crippen LogP contribution < -0.4 is 10.6 Å². The van der Waals surface area contributed by atoms with E-state index in [-0.39, 0.29) is 18.1 Å². The number of aromatic nitrogens is 2. The van der Waals surface area contributed by atoms with Crippen molar-refractivity contribution < 1.29 is 14.5 Å². The number of rotatable bonds is 6. The molecule has 11 heteroatoms. The van der Waals surface area contributed by atoms with Gasteiger partial charge in [0, 0.05) is 36.1 Å². The van der Waals surface area contributed by atoms with Crippen molar-refractivity contribution in [1.82, 2.24) is 20.2 Å². The Kier molecular flexibility index (Phi) is 4.82. The zero-order valence-electron chi connectivity index (χ0n) is 16.2. The molecule has 3 amide bonds. The molecule has 0 unspecified atom stereocenters. The lowest BCUT2D eigenvalue weighted by Crippen LogP contribution is -2.40. The molecule has 3 heterocycles. The van der Waals surface area contributed by atoms with Crippen LogP contribution in [0.25, 0.3) is 20.7 Å². The third-order valence-electron chi connectivity index (χ3n) is 4.68. The summed E-state index contributed by atoms with van der Waals surface area (Å²) in [5, 5.41) is 17.4. The second-order valence-electron chi connectivity index (χ2n) is 7.29. The van der Waals surface area contributed by atoms with Gasteiger partial charge in [0.15, 0.2) is 0 Å². The molecule has 154 valence electrons. The van der Waals surface area contributed by atoms with Crippen LogP contribution in [0.4, 0.5) is 16.4 Å². The fourth-order valence-corrected chi connectivity index (χ4v) is 4.17. The van der Waals surface area contributed by atoms with Crippen molar-refractivity contribution in [2.24, 2.45) is 0 Å². The first kappa shape index (κ1) is 19.7. The van der Waals surface area contributed by atoms with Crippen molar-refractivity contribution in [3.63, 3.8) is 0 Å². The summed E-state index contributed by atoms with van der Waals surface area (Å²) in [6.45, 7) is 3.81. The van der Waals surface area contributed by atoms with Crippen LogP contribution in [0.5, 0.6) is 0 Å². The van der Waals surface area contributed by atoms with Crippen molar-refractivity contribution in [1.29, 1.82) is 0 Å². The number of nitrogens with zero attached hydrogens (tertiary/aromatic N) is 4. The van der Waals surface area contributed by atoms with E-state index < -0.39 is 16.5 Å². The first-order valence-electron chi connectivity index (χ1n) is 9.14. The Bertz CT molecular complexity index is 1170. The van der Waals surface area contributed by atoms with Gasteiger partial charge < -0.3 is 10.6 Å². The summed E-state index contributed by atoms with van der Waals surface area (Å²) in [4.78, 5) is 45.4. The predicted octanol–water partition coefficient (Wildman–Crippen LogP) is 3.01. The summed E-state index contributed by atoms with van der Waals surface area (Å²) in [5.74, 6) is 0.0885. The molecular weight excluding hydrogens is 408 g/mol. The highest BCUT2D eigenvalue weighted by molar-refractivity contribution is 7.22. The molecule has 0 atom stereocenters. The average molecular weight is 426 g/mol. The van der Waals surface area contributed by atoms with E-state index in [0.29, 0.717) is 18.2 Å². The first-order chi connectivity index (χ1) is 14.2. The molecule has 3 aromatic rings. The molecule has 1 fully saturated rings. The van der Waals surface area contributed by atoms with Gasteiger partial charge in [-0.15, -0.1) is 11.3 Å². The second-order valence-corrected chi connectivity index (χ2v) is 8.38. The van der Waals surface area contributed by atoms with Crippen LogP contribution in [0.2, 0.25) is 0 Å². The van der Waals surface area contributed by atoms with Crippen LogP contribution in [0, 0.1) is 10.1 Å². The van der Waals surface area contributed by atoms with E-state index in [1.165, 1.54) is 23.5 Å². The molecule has 1 aliphatic heterocycles. The molecule has 0 bridgehead atoms. The van der Waals surface area contributed by atoms with Gasteiger partial charge >= 0.3 is 6.03 Å². The first-order valence-corrected chi connectivity index (χ1v) is 9.96. The zero-order valence-corrected chi connectivity index (χ0v) is 17.0. The number of amides is 3. The van der Waals surface area contributed by atoms with Gasteiger partial charge in [-0.2, -0.15) is 0 Å². The molecule has 10 nitrogen and oxygen atoms in total. The van der Waals surface area contributed by atoms with Crippen molar-refractivity contribution >= 4 is 45.0 Å². The van der Waals surface area contributed by atoms with Crippen LogP contribution in [-0.2, 0) is 4.79 Å². The van der Waals surface area contributed by atoms with Crippen molar-refractivity contribution in [3.8, 4) is 10.6 Å². The monoisotopic (exact) mass is 426 g/mol. The van der Waals surface area contributed by atoms with Gasteiger partial charge in [0.25, 0.3) is 11.6 Å². The lowest BCUT2D eigenvalue weighted by atomic mass is 10.1. The maximum Gasteiger partial charge on any atom is 0.325 e. The van der Waals surface area contributed by atoms with Crippen LogP contribution >= 0.6 is 11.3 Å². The van der Waals surface area contributed by atoms with Gasteiger partial charge in [-0.3, -0.25) is 19.8 Å². The molecule has 0 radical (unpaired) electrons. The standard InChI is InChI=1S/C19H18N6O4S/c1-19(2)16(26)24(18(27)23-19)8-7-21-17-20-6-5-13(22-17)15-10-11-9-12(25(28)29)3-4-14(11)30-15/h3-6,9-10H,7-8H2,1-2H3,(H,23,27)(H,20,21,22). The summed E-state index contributed by atoms with van der Waals surface area (Å²) < 4.78 is 0.921. The summed E-state index contributed by atoms with van der Waals surface area (Å²) in [5.41, 5.74) is -0.183. The minimum Gasteiger partial charge on any atom is -0.352 e. The number of hydrogen-bond donors (Lipinski definition) is 2. The molecule has 2 aromatic heterocycles. The van der Waals surface area contributed by atoms with E-state index in [0.717, 1.165) is 19.9 Å². The molecule has 4 rings (SSSR count). The Morgan fingerprint density at radius 1 is 1.27 bits per heavy atom.